The summed E-state index contributed by atoms with van der Waals surface area (Å²) >= 11 is 4.93. The van der Waals surface area contributed by atoms with Crippen molar-refractivity contribution in [1.82, 2.24) is 10.6 Å². The Bertz CT molecular complexity index is 784. The van der Waals surface area contributed by atoms with E-state index in [9.17, 15) is 5.26 Å². The van der Waals surface area contributed by atoms with E-state index in [1.807, 2.05) is 13.0 Å². The van der Waals surface area contributed by atoms with E-state index in [0.717, 1.165) is 29.9 Å². The molecule has 1 aromatic rings. The minimum atomic E-state index is 0.0704. The fraction of sp³-hybridized carbons (Fsp3) is 0.474. The van der Waals surface area contributed by atoms with Crippen molar-refractivity contribution < 1.29 is 9.47 Å². The number of methoxy groups -OCH3 is 1. The molecule has 4 N–H and O–H groups in total. The van der Waals surface area contributed by atoms with Crippen LogP contribution in [-0.4, -0.2) is 24.9 Å². The van der Waals surface area contributed by atoms with Crippen LogP contribution in [0.3, 0.4) is 0 Å². The van der Waals surface area contributed by atoms with Crippen molar-refractivity contribution in [3.8, 4) is 17.6 Å². The van der Waals surface area contributed by atoms with Crippen molar-refractivity contribution in [2.45, 2.75) is 44.6 Å². The molecule has 0 spiro atoms. The van der Waals surface area contributed by atoms with Gasteiger partial charge in [-0.15, -0.1) is 0 Å². The molecule has 138 valence electrons. The van der Waals surface area contributed by atoms with Crippen LogP contribution in [0.4, 0.5) is 0 Å². The monoisotopic (exact) mass is 372 g/mol. The van der Waals surface area contributed by atoms with Gasteiger partial charge in [-0.1, -0.05) is 12.8 Å². The summed E-state index contributed by atoms with van der Waals surface area (Å²) in [7, 11) is 1.62. The summed E-state index contributed by atoms with van der Waals surface area (Å²) in [4.78, 5) is 0. The van der Waals surface area contributed by atoms with Crippen molar-refractivity contribution in [2.24, 2.45) is 5.73 Å². The quantitative estimate of drug-likeness (QED) is 0.553. The number of nitrogens with one attached hydrogen (secondary N) is 2. The summed E-state index contributed by atoms with van der Waals surface area (Å²) in [6.07, 6.45) is 4.55. The van der Waals surface area contributed by atoms with Crippen LogP contribution in [0.1, 0.15) is 49.7 Å². The molecular weight excluding hydrogens is 348 g/mol. The molecule has 1 aromatic carbocycles. The van der Waals surface area contributed by atoms with Crippen LogP contribution in [-0.2, 0) is 0 Å². The van der Waals surface area contributed by atoms with Gasteiger partial charge in [-0.25, -0.2) is 0 Å². The average Bonchev–Trinajstić information content (AvgIpc) is 2.65. The second kappa shape index (κ2) is 7.83. The van der Waals surface area contributed by atoms with Gasteiger partial charge in [0.25, 0.3) is 0 Å². The molecule has 0 amide bonds. The van der Waals surface area contributed by atoms with E-state index in [1.165, 1.54) is 18.4 Å². The van der Waals surface area contributed by atoms with Crippen LogP contribution in [0.15, 0.2) is 17.8 Å². The number of ether oxygens (including phenoxy) is 2. The SMILES string of the molecule is CCOc1cc2c(cc1OC)C(=C(C#N)NC(N)=S)N[C@H]1CCCCC21. The van der Waals surface area contributed by atoms with E-state index in [1.54, 1.807) is 7.11 Å². The van der Waals surface area contributed by atoms with Gasteiger partial charge < -0.3 is 25.8 Å². The molecule has 0 saturated heterocycles. The minimum absolute atomic E-state index is 0.0704. The fourth-order valence-corrected chi connectivity index (χ4v) is 4.04. The number of thiocarbonyl (C=S) groups is 1. The van der Waals surface area contributed by atoms with Crippen LogP contribution >= 0.6 is 12.2 Å². The van der Waals surface area contributed by atoms with E-state index in [-0.39, 0.29) is 11.2 Å². The number of nitrogens with zero attached hydrogens (tertiary/aromatic N) is 1. The highest BCUT2D eigenvalue weighted by molar-refractivity contribution is 7.80. The third-order valence-electron chi connectivity index (χ3n) is 5.01. The first-order chi connectivity index (χ1) is 12.6. The lowest BCUT2D eigenvalue weighted by molar-refractivity contribution is 0.306. The summed E-state index contributed by atoms with van der Waals surface area (Å²) in [5, 5.41) is 16.1. The number of allylic oxidation sites excluding steroid dienone is 1. The molecule has 3 rings (SSSR count). The van der Waals surface area contributed by atoms with Crippen molar-refractivity contribution in [3.63, 3.8) is 0 Å². The van der Waals surface area contributed by atoms with Crippen LogP contribution in [0.2, 0.25) is 0 Å². The standard InChI is InChI=1S/C19H24N4O2S/c1-3-25-17-8-12-11-6-4-5-7-14(11)22-18(13(12)9-16(17)24-2)15(10-20)23-19(21)26/h8-9,11,14,22H,3-7H2,1-2H3,(H3,21,23,26)/t11?,14-/m0/s1. The molecule has 0 radical (unpaired) electrons. The molecular formula is C19H24N4O2S. The molecule has 1 unspecified atom stereocenters. The van der Waals surface area contributed by atoms with E-state index in [2.05, 4.69) is 22.8 Å². The van der Waals surface area contributed by atoms with Crippen molar-refractivity contribution in [1.29, 1.82) is 5.26 Å². The maximum absolute atomic E-state index is 9.63. The summed E-state index contributed by atoms with van der Waals surface area (Å²) < 4.78 is 11.3. The zero-order valence-electron chi connectivity index (χ0n) is 15.1. The molecule has 0 bridgehead atoms. The lowest BCUT2D eigenvalue weighted by Crippen LogP contribution is -2.42. The lowest BCUT2D eigenvalue weighted by Gasteiger charge is -2.40. The molecule has 1 heterocycles. The number of hydrogen-bond donors (Lipinski definition) is 3. The van der Waals surface area contributed by atoms with Gasteiger partial charge in [-0.05, 0) is 49.7 Å². The Labute approximate surface area is 159 Å². The summed E-state index contributed by atoms with van der Waals surface area (Å²) in [6, 6.07) is 6.47. The largest absolute Gasteiger partial charge is 0.493 e. The molecule has 0 aromatic heterocycles. The van der Waals surface area contributed by atoms with Crippen LogP contribution in [0.25, 0.3) is 5.70 Å². The zero-order chi connectivity index (χ0) is 18.7. The first-order valence-electron chi connectivity index (χ1n) is 8.91. The van der Waals surface area contributed by atoms with Crippen LogP contribution < -0.4 is 25.8 Å². The Morgan fingerprint density at radius 1 is 1.38 bits per heavy atom. The molecule has 1 aliphatic heterocycles. The smallest absolute Gasteiger partial charge is 0.168 e. The first-order valence-corrected chi connectivity index (χ1v) is 9.32. The fourth-order valence-electron chi connectivity index (χ4n) is 3.94. The maximum Gasteiger partial charge on any atom is 0.168 e. The highest BCUT2D eigenvalue weighted by Crippen LogP contribution is 2.45. The molecule has 6 nitrogen and oxygen atoms in total. The Balaban J connectivity index is 2.20. The number of rotatable bonds is 4. The number of hydrogen-bond acceptors (Lipinski definition) is 5. The number of nitrogens with two attached hydrogens (primary N) is 1. The number of nitriles is 1. The van der Waals surface area contributed by atoms with Gasteiger partial charge in [0.15, 0.2) is 16.6 Å². The van der Waals surface area contributed by atoms with E-state index in [4.69, 9.17) is 27.4 Å². The second-order valence-corrected chi connectivity index (χ2v) is 6.96. The van der Waals surface area contributed by atoms with Gasteiger partial charge in [-0.2, -0.15) is 5.26 Å². The third-order valence-corrected chi connectivity index (χ3v) is 5.11. The molecule has 2 aliphatic rings. The Morgan fingerprint density at radius 2 is 2.15 bits per heavy atom. The Kier molecular flexibility index (Phi) is 5.52. The second-order valence-electron chi connectivity index (χ2n) is 6.52. The molecule has 26 heavy (non-hydrogen) atoms. The van der Waals surface area contributed by atoms with Gasteiger partial charge in [0.05, 0.1) is 19.4 Å². The van der Waals surface area contributed by atoms with Gasteiger partial charge in [0.1, 0.15) is 11.8 Å². The van der Waals surface area contributed by atoms with E-state index < -0.39 is 0 Å². The molecule has 1 aliphatic carbocycles. The molecule has 1 fully saturated rings. The third kappa shape index (κ3) is 3.42. The predicted octanol–water partition coefficient (Wildman–Crippen LogP) is 2.75. The van der Waals surface area contributed by atoms with Crippen molar-refractivity contribution in [3.05, 3.63) is 29.0 Å². The van der Waals surface area contributed by atoms with Crippen LogP contribution in [0, 0.1) is 11.3 Å². The predicted molar refractivity (Wildman–Crippen MR) is 105 cm³/mol. The zero-order valence-corrected chi connectivity index (χ0v) is 15.9. The lowest BCUT2D eigenvalue weighted by atomic mass is 9.75. The van der Waals surface area contributed by atoms with E-state index >= 15 is 0 Å². The van der Waals surface area contributed by atoms with Crippen LogP contribution in [0.5, 0.6) is 11.5 Å². The summed E-state index contributed by atoms with van der Waals surface area (Å²) in [5.74, 6) is 1.77. The first kappa shape index (κ1) is 18.3. The summed E-state index contributed by atoms with van der Waals surface area (Å²) in [5.41, 5.74) is 8.78. The molecule has 1 saturated carbocycles. The van der Waals surface area contributed by atoms with E-state index in [0.29, 0.717) is 24.0 Å². The topological polar surface area (TPSA) is 92.3 Å². The van der Waals surface area contributed by atoms with Crippen molar-refractivity contribution in [2.75, 3.05) is 13.7 Å². The molecule has 2 atom stereocenters. The number of fused-ring (bicyclic) bond motifs is 3. The van der Waals surface area contributed by atoms with Gasteiger partial charge >= 0.3 is 0 Å². The molecule has 7 heteroatoms. The highest BCUT2D eigenvalue weighted by Gasteiger charge is 2.36. The normalized spacial score (nSPS) is 22.8. The number of benzene rings is 1. The minimum Gasteiger partial charge on any atom is -0.493 e. The summed E-state index contributed by atoms with van der Waals surface area (Å²) in [6.45, 7) is 2.52. The highest BCUT2D eigenvalue weighted by atomic mass is 32.1. The maximum atomic E-state index is 9.63. The average molecular weight is 372 g/mol. The van der Waals surface area contributed by atoms with Crippen molar-refractivity contribution >= 4 is 23.0 Å². The van der Waals surface area contributed by atoms with Gasteiger partial charge in [-0.3, -0.25) is 0 Å². The van der Waals surface area contributed by atoms with Gasteiger partial charge in [0.2, 0.25) is 0 Å². The van der Waals surface area contributed by atoms with Gasteiger partial charge in [0, 0.05) is 17.5 Å². The Morgan fingerprint density at radius 3 is 2.81 bits per heavy atom. The Hall–Kier alpha value is -2.46.